The van der Waals surface area contributed by atoms with E-state index in [1.165, 1.54) is 23.5 Å². The lowest BCUT2D eigenvalue weighted by Crippen LogP contribution is -2.49. The lowest BCUT2D eigenvalue weighted by molar-refractivity contribution is 0.0578. The average Bonchev–Trinajstić information content (AvgIpc) is 2.89. The number of nitrogens with zero attached hydrogens (tertiary/aromatic N) is 1. The molecule has 3 nitrogen and oxygen atoms in total. The first-order valence-electron chi connectivity index (χ1n) is 7.28. The van der Waals surface area contributed by atoms with Gasteiger partial charge in [-0.05, 0) is 48.4 Å². The third-order valence-corrected chi connectivity index (χ3v) is 5.30. The van der Waals surface area contributed by atoms with Gasteiger partial charge in [0.25, 0.3) is 5.91 Å². The van der Waals surface area contributed by atoms with E-state index in [-0.39, 0.29) is 17.8 Å². The van der Waals surface area contributed by atoms with Crippen molar-refractivity contribution >= 4 is 27.3 Å². The number of piperidine rings is 1. The molecule has 2 atom stereocenters. The van der Waals surface area contributed by atoms with Crippen LogP contribution in [-0.2, 0) is 0 Å². The Labute approximate surface area is 127 Å². The van der Waals surface area contributed by atoms with Crippen LogP contribution < -0.4 is 5.73 Å². The van der Waals surface area contributed by atoms with Crippen molar-refractivity contribution in [3.05, 3.63) is 35.0 Å². The third-order valence-electron chi connectivity index (χ3n) is 4.20. The Hall–Kier alpha value is -1.46. The highest BCUT2D eigenvalue weighted by Gasteiger charge is 2.30. The second-order valence-corrected chi connectivity index (χ2v) is 6.89. The van der Waals surface area contributed by atoms with Crippen LogP contribution in [0.25, 0.3) is 10.1 Å². The lowest BCUT2D eigenvalue weighted by Gasteiger charge is -2.37. The van der Waals surface area contributed by atoms with Crippen molar-refractivity contribution in [1.82, 2.24) is 4.90 Å². The summed E-state index contributed by atoms with van der Waals surface area (Å²) in [5.74, 6) is 0.365. The first-order valence-corrected chi connectivity index (χ1v) is 8.10. The number of fused-ring (bicyclic) bond motifs is 1. The van der Waals surface area contributed by atoms with Crippen molar-refractivity contribution in [2.24, 2.45) is 11.7 Å². The Kier molecular flexibility index (Phi) is 3.95. The van der Waals surface area contributed by atoms with E-state index in [0.717, 1.165) is 29.5 Å². The van der Waals surface area contributed by atoms with Crippen LogP contribution in [0.5, 0.6) is 0 Å². The SMILES string of the molecule is CC1CCN(C(=O)c2cc3cc(F)ccc3s2)C(CN)C1. The van der Waals surface area contributed by atoms with E-state index in [4.69, 9.17) is 5.73 Å². The summed E-state index contributed by atoms with van der Waals surface area (Å²) >= 11 is 1.42. The molecule has 1 aliphatic heterocycles. The molecule has 1 aliphatic rings. The fourth-order valence-corrected chi connectivity index (χ4v) is 4.00. The number of hydrogen-bond acceptors (Lipinski definition) is 3. The van der Waals surface area contributed by atoms with Gasteiger partial charge < -0.3 is 10.6 Å². The van der Waals surface area contributed by atoms with Crippen LogP contribution in [0.15, 0.2) is 24.3 Å². The normalized spacial score (nSPS) is 22.7. The van der Waals surface area contributed by atoms with E-state index in [9.17, 15) is 9.18 Å². The molecule has 3 rings (SSSR count). The van der Waals surface area contributed by atoms with Crippen molar-refractivity contribution in [2.75, 3.05) is 13.1 Å². The van der Waals surface area contributed by atoms with Gasteiger partial charge in [-0.15, -0.1) is 11.3 Å². The van der Waals surface area contributed by atoms with E-state index >= 15 is 0 Å². The Morgan fingerprint density at radius 2 is 2.29 bits per heavy atom. The van der Waals surface area contributed by atoms with Gasteiger partial charge in [0.2, 0.25) is 0 Å². The molecule has 1 aromatic heterocycles. The molecule has 1 fully saturated rings. The summed E-state index contributed by atoms with van der Waals surface area (Å²) in [5.41, 5.74) is 5.83. The molecule has 1 aromatic carbocycles. The van der Waals surface area contributed by atoms with Crippen molar-refractivity contribution in [3.63, 3.8) is 0 Å². The molecule has 5 heteroatoms. The summed E-state index contributed by atoms with van der Waals surface area (Å²) in [6.45, 7) is 3.45. The first kappa shape index (κ1) is 14.5. The van der Waals surface area contributed by atoms with Crippen LogP contribution >= 0.6 is 11.3 Å². The zero-order chi connectivity index (χ0) is 15.0. The van der Waals surface area contributed by atoms with Crippen LogP contribution in [-0.4, -0.2) is 29.9 Å². The second kappa shape index (κ2) is 5.73. The van der Waals surface area contributed by atoms with Gasteiger partial charge in [-0.1, -0.05) is 6.92 Å². The Bertz CT molecular complexity index is 669. The van der Waals surface area contributed by atoms with Crippen molar-refractivity contribution < 1.29 is 9.18 Å². The molecule has 2 aromatic rings. The molecule has 112 valence electrons. The maximum absolute atomic E-state index is 13.3. The number of halogens is 1. The highest BCUT2D eigenvalue weighted by molar-refractivity contribution is 7.20. The Morgan fingerprint density at radius 1 is 1.48 bits per heavy atom. The second-order valence-electron chi connectivity index (χ2n) is 5.81. The smallest absolute Gasteiger partial charge is 0.264 e. The number of amides is 1. The molecule has 2 heterocycles. The van der Waals surface area contributed by atoms with Crippen LogP contribution in [0.1, 0.15) is 29.4 Å². The summed E-state index contributed by atoms with van der Waals surface area (Å²) in [5, 5.41) is 0.790. The standard InChI is InChI=1S/C16H19FN2OS/c1-10-4-5-19(13(6-10)9-18)16(20)15-8-11-7-12(17)2-3-14(11)21-15/h2-3,7-8,10,13H,4-6,9,18H2,1H3. The summed E-state index contributed by atoms with van der Waals surface area (Å²) in [4.78, 5) is 15.3. The van der Waals surface area contributed by atoms with Gasteiger partial charge in [0.1, 0.15) is 5.82 Å². The van der Waals surface area contributed by atoms with E-state index in [0.29, 0.717) is 17.3 Å². The number of nitrogens with two attached hydrogens (primary N) is 1. The molecule has 0 radical (unpaired) electrons. The molecule has 0 bridgehead atoms. The number of rotatable bonds is 2. The van der Waals surface area contributed by atoms with Crippen molar-refractivity contribution in [3.8, 4) is 0 Å². The largest absolute Gasteiger partial charge is 0.334 e. The zero-order valence-corrected chi connectivity index (χ0v) is 12.8. The molecule has 2 N–H and O–H groups in total. The van der Waals surface area contributed by atoms with Gasteiger partial charge in [-0.25, -0.2) is 4.39 Å². The minimum Gasteiger partial charge on any atom is -0.334 e. The highest BCUT2D eigenvalue weighted by atomic mass is 32.1. The number of thiophene rings is 1. The molecular weight excluding hydrogens is 287 g/mol. The van der Waals surface area contributed by atoms with Crippen LogP contribution in [0.2, 0.25) is 0 Å². The predicted molar refractivity (Wildman–Crippen MR) is 84.1 cm³/mol. The van der Waals surface area contributed by atoms with E-state index < -0.39 is 0 Å². The molecule has 1 saturated heterocycles. The van der Waals surface area contributed by atoms with Gasteiger partial charge in [0.05, 0.1) is 4.88 Å². The quantitative estimate of drug-likeness (QED) is 0.926. The number of benzene rings is 1. The molecule has 0 spiro atoms. The van der Waals surface area contributed by atoms with Gasteiger partial charge in [-0.3, -0.25) is 4.79 Å². The van der Waals surface area contributed by atoms with Gasteiger partial charge in [-0.2, -0.15) is 0 Å². The van der Waals surface area contributed by atoms with E-state index in [1.54, 1.807) is 12.1 Å². The fraction of sp³-hybridized carbons (Fsp3) is 0.438. The highest BCUT2D eigenvalue weighted by Crippen LogP contribution is 2.30. The van der Waals surface area contributed by atoms with Crippen molar-refractivity contribution in [1.29, 1.82) is 0 Å². The molecule has 0 aliphatic carbocycles. The van der Waals surface area contributed by atoms with Crippen LogP contribution in [0.4, 0.5) is 4.39 Å². The molecule has 21 heavy (non-hydrogen) atoms. The minimum absolute atomic E-state index is 0.0268. The summed E-state index contributed by atoms with van der Waals surface area (Å²) in [7, 11) is 0. The minimum atomic E-state index is -0.272. The van der Waals surface area contributed by atoms with Gasteiger partial charge in [0, 0.05) is 23.8 Å². The maximum atomic E-state index is 13.3. The number of carbonyl (C=O) groups excluding carboxylic acids is 1. The Morgan fingerprint density at radius 3 is 3.05 bits per heavy atom. The molecule has 1 amide bonds. The molecule has 2 unspecified atom stereocenters. The molecule has 0 saturated carbocycles. The van der Waals surface area contributed by atoms with Crippen LogP contribution in [0.3, 0.4) is 0 Å². The maximum Gasteiger partial charge on any atom is 0.264 e. The Balaban J connectivity index is 1.88. The summed E-state index contributed by atoms with van der Waals surface area (Å²) < 4.78 is 14.2. The monoisotopic (exact) mass is 306 g/mol. The third kappa shape index (κ3) is 2.80. The van der Waals surface area contributed by atoms with E-state index in [1.807, 2.05) is 4.90 Å². The topological polar surface area (TPSA) is 46.3 Å². The predicted octanol–water partition coefficient (Wildman–Crippen LogP) is 3.24. The van der Waals surface area contributed by atoms with Gasteiger partial charge in [0.15, 0.2) is 0 Å². The lowest BCUT2D eigenvalue weighted by atomic mass is 9.92. The summed E-state index contributed by atoms with van der Waals surface area (Å²) in [6.07, 6.45) is 1.98. The van der Waals surface area contributed by atoms with Crippen molar-refractivity contribution in [2.45, 2.75) is 25.8 Å². The number of hydrogen-bond donors (Lipinski definition) is 1. The van der Waals surface area contributed by atoms with Gasteiger partial charge >= 0.3 is 0 Å². The first-order chi connectivity index (χ1) is 10.1. The summed E-state index contributed by atoms with van der Waals surface area (Å²) in [6, 6.07) is 6.53. The zero-order valence-electron chi connectivity index (χ0n) is 12.0. The number of likely N-dealkylation sites (tertiary alicyclic amines) is 1. The fourth-order valence-electron chi connectivity index (χ4n) is 3.00. The van der Waals surface area contributed by atoms with Crippen LogP contribution in [0, 0.1) is 11.7 Å². The van der Waals surface area contributed by atoms with E-state index in [2.05, 4.69) is 6.92 Å². The average molecular weight is 306 g/mol. The number of carbonyl (C=O) groups is 1. The molecular formula is C16H19FN2OS.